The van der Waals surface area contributed by atoms with Crippen LogP contribution in [0.2, 0.25) is 0 Å². The van der Waals surface area contributed by atoms with E-state index in [0.717, 1.165) is 24.3 Å². The Morgan fingerprint density at radius 2 is 1.49 bits per heavy atom. The molecule has 1 N–H and O–H groups in total. The first-order valence-electron chi connectivity index (χ1n) is 11.1. The Morgan fingerprint density at radius 3 is 2.09 bits per heavy atom. The number of benzene rings is 2. The molecule has 35 heavy (non-hydrogen) atoms. The molecule has 1 atom stereocenters. The third-order valence-electron chi connectivity index (χ3n) is 6.43. The molecule has 186 valence electrons. The van der Waals surface area contributed by atoms with Crippen LogP contribution in [0.3, 0.4) is 0 Å². The number of amides is 1. The van der Waals surface area contributed by atoms with Crippen molar-refractivity contribution < 1.29 is 31.1 Å². The second-order valence-corrected chi connectivity index (χ2v) is 9.84. The number of carbonyl (C=O) groups excluding carboxylic acids is 1. The highest BCUT2D eigenvalue weighted by Crippen LogP contribution is 2.47. The average Bonchev–Trinajstić information content (AvgIpc) is 3.03. The van der Waals surface area contributed by atoms with Gasteiger partial charge in [0.25, 0.3) is 5.91 Å². The minimum absolute atomic E-state index is 0.0450. The lowest BCUT2D eigenvalue weighted by Crippen LogP contribution is -2.29. The van der Waals surface area contributed by atoms with Gasteiger partial charge in [-0.25, -0.2) is 0 Å². The summed E-state index contributed by atoms with van der Waals surface area (Å²) in [5.74, 6) is -0.480. The molecule has 0 saturated heterocycles. The molecule has 1 aliphatic heterocycles. The van der Waals surface area contributed by atoms with Crippen molar-refractivity contribution in [2.24, 2.45) is 11.3 Å². The van der Waals surface area contributed by atoms with E-state index in [1.54, 1.807) is 0 Å². The zero-order chi connectivity index (χ0) is 25.8. The van der Waals surface area contributed by atoms with Gasteiger partial charge in [0.1, 0.15) is 5.70 Å². The van der Waals surface area contributed by atoms with E-state index in [0.29, 0.717) is 24.1 Å². The lowest BCUT2D eigenvalue weighted by atomic mass is 9.72. The molecule has 1 aliphatic carbocycles. The van der Waals surface area contributed by atoms with Crippen LogP contribution in [-0.4, -0.2) is 5.91 Å². The number of anilines is 2. The topological polar surface area (TPSA) is 32.3 Å². The van der Waals surface area contributed by atoms with Gasteiger partial charge in [-0.2, -0.15) is 26.3 Å². The van der Waals surface area contributed by atoms with E-state index in [9.17, 15) is 31.1 Å². The van der Waals surface area contributed by atoms with E-state index >= 15 is 0 Å². The van der Waals surface area contributed by atoms with Gasteiger partial charge in [0.15, 0.2) is 0 Å². The summed E-state index contributed by atoms with van der Waals surface area (Å²) in [4.78, 5) is 14.7. The third-order valence-corrected chi connectivity index (χ3v) is 6.43. The fraction of sp³-hybridized carbons (Fsp3) is 0.346. The Morgan fingerprint density at radius 1 is 0.886 bits per heavy atom. The maximum atomic E-state index is 13.5. The number of alkyl halides is 6. The lowest BCUT2D eigenvalue weighted by molar-refractivity contribution is -0.138. The highest BCUT2D eigenvalue weighted by atomic mass is 19.4. The Labute approximate surface area is 199 Å². The molecule has 0 saturated carbocycles. The molecule has 0 spiro atoms. The maximum absolute atomic E-state index is 13.5. The fourth-order valence-corrected chi connectivity index (χ4v) is 4.40. The van der Waals surface area contributed by atoms with Crippen LogP contribution in [0.25, 0.3) is 0 Å². The highest BCUT2D eigenvalue weighted by Gasteiger charge is 2.42. The molecular formula is C26H24F6N2O. The molecule has 2 aromatic rings. The predicted molar refractivity (Wildman–Crippen MR) is 121 cm³/mol. The second-order valence-electron chi connectivity index (χ2n) is 9.84. The molecule has 1 heterocycles. The van der Waals surface area contributed by atoms with E-state index in [1.807, 2.05) is 6.08 Å². The number of allylic oxidation sites excluding steroid dienone is 2. The molecule has 2 aliphatic rings. The quantitative estimate of drug-likeness (QED) is 0.442. The smallest absolute Gasteiger partial charge is 0.351 e. The van der Waals surface area contributed by atoms with Crippen LogP contribution in [0.15, 0.2) is 71.6 Å². The Bertz CT molecular complexity index is 1220. The third kappa shape index (κ3) is 4.94. The molecular weight excluding hydrogens is 470 g/mol. The summed E-state index contributed by atoms with van der Waals surface area (Å²) in [6.45, 7) is 6.16. The molecule has 0 radical (unpaired) electrons. The molecule has 0 fully saturated rings. The summed E-state index contributed by atoms with van der Waals surface area (Å²) in [6, 6.07) is 8.94. The molecule has 1 amide bonds. The average molecular weight is 494 g/mol. The Kier molecular flexibility index (Phi) is 6.02. The summed E-state index contributed by atoms with van der Waals surface area (Å²) in [5.41, 5.74) is -0.666. The summed E-state index contributed by atoms with van der Waals surface area (Å²) < 4.78 is 79.6. The van der Waals surface area contributed by atoms with Gasteiger partial charge < -0.3 is 5.32 Å². The van der Waals surface area contributed by atoms with E-state index in [4.69, 9.17) is 0 Å². The SMILES string of the molecule is CC(C)(C)C1CC=C2C(=C(Nc3cccc(C(F)(F)F)c3)C(=O)N2c2cccc(C(F)(F)F)c2)C1. The van der Waals surface area contributed by atoms with E-state index in [1.165, 1.54) is 29.2 Å². The Balaban J connectivity index is 1.79. The van der Waals surface area contributed by atoms with Gasteiger partial charge in [0, 0.05) is 16.9 Å². The van der Waals surface area contributed by atoms with Gasteiger partial charge in [-0.05, 0) is 60.6 Å². The van der Waals surface area contributed by atoms with Crippen LogP contribution in [0.4, 0.5) is 37.7 Å². The van der Waals surface area contributed by atoms with Gasteiger partial charge >= 0.3 is 12.4 Å². The van der Waals surface area contributed by atoms with Crippen molar-refractivity contribution in [1.29, 1.82) is 0 Å². The van der Waals surface area contributed by atoms with Crippen molar-refractivity contribution in [3.63, 3.8) is 0 Å². The molecule has 9 heteroatoms. The van der Waals surface area contributed by atoms with Crippen LogP contribution in [0, 0.1) is 11.3 Å². The van der Waals surface area contributed by atoms with Gasteiger partial charge in [0.2, 0.25) is 0 Å². The number of carbonyl (C=O) groups is 1. The number of hydrogen-bond acceptors (Lipinski definition) is 2. The minimum atomic E-state index is -4.59. The van der Waals surface area contributed by atoms with Crippen molar-refractivity contribution in [2.45, 2.75) is 46.0 Å². The number of halogens is 6. The minimum Gasteiger partial charge on any atom is -0.351 e. The van der Waals surface area contributed by atoms with Crippen LogP contribution >= 0.6 is 0 Å². The van der Waals surface area contributed by atoms with Crippen molar-refractivity contribution >= 4 is 17.3 Å². The zero-order valence-corrected chi connectivity index (χ0v) is 19.3. The van der Waals surface area contributed by atoms with E-state index in [2.05, 4.69) is 26.1 Å². The van der Waals surface area contributed by atoms with Gasteiger partial charge in [-0.15, -0.1) is 0 Å². The second kappa shape index (κ2) is 8.46. The number of nitrogens with zero attached hydrogens (tertiary/aromatic N) is 1. The summed E-state index contributed by atoms with van der Waals surface area (Å²) >= 11 is 0. The molecule has 3 nitrogen and oxygen atoms in total. The van der Waals surface area contributed by atoms with Crippen molar-refractivity contribution in [2.75, 3.05) is 10.2 Å². The van der Waals surface area contributed by atoms with Crippen molar-refractivity contribution in [3.8, 4) is 0 Å². The fourth-order valence-electron chi connectivity index (χ4n) is 4.40. The first-order chi connectivity index (χ1) is 16.2. The van der Waals surface area contributed by atoms with Crippen molar-refractivity contribution in [3.05, 3.63) is 82.7 Å². The number of nitrogens with one attached hydrogen (secondary N) is 1. The molecule has 1 unspecified atom stereocenters. The number of rotatable bonds is 3. The van der Waals surface area contributed by atoms with Crippen LogP contribution in [0.5, 0.6) is 0 Å². The number of hydrogen-bond donors (Lipinski definition) is 1. The first-order valence-corrected chi connectivity index (χ1v) is 11.1. The zero-order valence-electron chi connectivity index (χ0n) is 19.3. The van der Waals surface area contributed by atoms with E-state index < -0.39 is 29.4 Å². The summed E-state index contributed by atoms with van der Waals surface area (Å²) in [6.07, 6.45) is -6.26. The van der Waals surface area contributed by atoms with Crippen LogP contribution in [-0.2, 0) is 17.1 Å². The molecule has 0 aromatic heterocycles. The van der Waals surface area contributed by atoms with Crippen LogP contribution < -0.4 is 10.2 Å². The van der Waals surface area contributed by atoms with E-state index in [-0.39, 0.29) is 28.4 Å². The maximum Gasteiger partial charge on any atom is 0.416 e. The molecule has 0 bridgehead atoms. The number of fused-ring (bicyclic) bond motifs is 1. The predicted octanol–water partition coefficient (Wildman–Crippen LogP) is 7.78. The standard InChI is InChI=1S/C26H24F6N2O/c1-24(2,3)15-10-11-21-20(14-15)22(33-18-8-4-6-16(12-18)25(27,28)29)23(35)34(21)19-9-5-7-17(13-19)26(30,31)32/h4-9,11-13,15,33H,10,14H2,1-3H3. The van der Waals surface area contributed by atoms with Gasteiger partial charge in [-0.1, -0.05) is 39.0 Å². The first kappa shape index (κ1) is 24.9. The summed E-state index contributed by atoms with van der Waals surface area (Å²) in [5, 5.41) is 2.84. The van der Waals surface area contributed by atoms with Crippen molar-refractivity contribution in [1.82, 2.24) is 0 Å². The molecule has 2 aromatic carbocycles. The van der Waals surface area contributed by atoms with Gasteiger partial charge in [0.05, 0.1) is 16.8 Å². The lowest BCUT2D eigenvalue weighted by Gasteiger charge is -2.34. The summed E-state index contributed by atoms with van der Waals surface area (Å²) in [7, 11) is 0. The largest absolute Gasteiger partial charge is 0.416 e. The monoisotopic (exact) mass is 494 g/mol. The highest BCUT2D eigenvalue weighted by molar-refractivity contribution is 6.15. The van der Waals surface area contributed by atoms with Gasteiger partial charge in [-0.3, -0.25) is 9.69 Å². The molecule has 4 rings (SSSR count). The Hall–Kier alpha value is -3.23. The van der Waals surface area contributed by atoms with Crippen LogP contribution in [0.1, 0.15) is 44.7 Å². The normalized spacial score (nSPS) is 19.1.